The third-order valence-electron chi connectivity index (χ3n) is 2.97. The molecule has 7 heteroatoms. The van der Waals surface area contributed by atoms with Crippen LogP contribution in [0.1, 0.15) is 26.2 Å². The van der Waals surface area contributed by atoms with Gasteiger partial charge in [0.2, 0.25) is 0 Å². The van der Waals surface area contributed by atoms with Crippen molar-refractivity contribution in [3.05, 3.63) is 10.4 Å². The Morgan fingerprint density at radius 3 is 2.89 bits per heavy atom. The van der Waals surface area contributed by atoms with Crippen molar-refractivity contribution in [1.29, 1.82) is 0 Å². The largest absolute Gasteiger partial charge is 0.465 e. The Balaban J connectivity index is 2.49. The SMILES string of the molecule is CCOC(=O)C1(NCCCN=[N+]=[N-])CCSCC1. The summed E-state index contributed by atoms with van der Waals surface area (Å²) in [7, 11) is 0. The Morgan fingerprint density at radius 2 is 2.28 bits per heavy atom. The fourth-order valence-electron chi connectivity index (χ4n) is 1.96. The molecule has 1 rings (SSSR count). The van der Waals surface area contributed by atoms with Crippen LogP contribution in [0, 0.1) is 0 Å². The molecule has 0 unspecified atom stereocenters. The van der Waals surface area contributed by atoms with Gasteiger partial charge in [-0.2, -0.15) is 11.8 Å². The summed E-state index contributed by atoms with van der Waals surface area (Å²) in [4.78, 5) is 14.8. The standard InChI is InChI=1S/C11H20N4O2S/c1-2-17-10(16)11(4-8-18-9-5-11)13-6-3-7-14-15-12/h13H,2-9H2,1H3. The van der Waals surface area contributed by atoms with Crippen LogP contribution in [0.2, 0.25) is 0 Å². The van der Waals surface area contributed by atoms with Crippen molar-refractivity contribution in [2.75, 3.05) is 31.2 Å². The summed E-state index contributed by atoms with van der Waals surface area (Å²) in [6, 6.07) is 0. The van der Waals surface area contributed by atoms with Gasteiger partial charge < -0.3 is 10.1 Å². The van der Waals surface area contributed by atoms with Crippen LogP contribution in [0.3, 0.4) is 0 Å². The van der Waals surface area contributed by atoms with E-state index in [0.717, 1.165) is 30.8 Å². The van der Waals surface area contributed by atoms with Crippen LogP contribution >= 0.6 is 11.8 Å². The van der Waals surface area contributed by atoms with Crippen molar-refractivity contribution in [2.45, 2.75) is 31.7 Å². The van der Waals surface area contributed by atoms with Crippen molar-refractivity contribution < 1.29 is 9.53 Å². The molecule has 1 N–H and O–H groups in total. The first-order chi connectivity index (χ1) is 8.75. The number of hydrogen-bond acceptors (Lipinski definition) is 5. The highest BCUT2D eigenvalue weighted by atomic mass is 32.2. The molecule has 0 atom stereocenters. The van der Waals surface area contributed by atoms with Gasteiger partial charge in [-0.25, -0.2) is 0 Å². The van der Waals surface area contributed by atoms with E-state index in [1.54, 1.807) is 0 Å². The molecule has 1 fully saturated rings. The first-order valence-corrected chi connectivity index (χ1v) is 7.41. The van der Waals surface area contributed by atoms with Gasteiger partial charge in [0.15, 0.2) is 0 Å². The molecule has 0 aliphatic carbocycles. The first kappa shape index (κ1) is 15.1. The third kappa shape index (κ3) is 4.40. The second-order valence-electron chi connectivity index (χ2n) is 4.15. The van der Waals surface area contributed by atoms with Crippen molar-refractivity contribution in [1.82, 2.24) is 5.32 Å². The Labute approximate surface area is 111 Å². The van der Waals surface area contributed by atoms with Gasteiger partial charge in [-0.05, 0) is 49.8 Å². The Bertz CT molecular complexity index is 312. The highest BCUT2D eigenvalue weighted by Crippen LogP contribution is 2.28. The molecule has 1 aliphatic rings. The number of thioether (sulfide) groups is 1. The Morgan fingerprint density at radius 1 is 1.56 bits per heavy atom. The topological polar surface area (TPSA) is 87.1 Å². The zero-order valence-corrected chi connectivity index (χ0v) is 11.5. The number of azide groups is 1. The molecule has 1 aliphatic heterocycles. The quantitative estimate of drug-likeness (QED) is 0.253. The molecule has 0 spiro atoms. The van der Waals surface area contributed by atoms with Gasteiger partial charge in [-0.1, -0.05) is 5.11 Å². The molecule has 18 heavy (non-hydrogen) atoms. The number of esters is 1. The van der Waals surface area contributed by atoms with Crippen molar-refractivity contribution >= 4 is 17.7 Å². The van der Waals surface area contributed by atoms with E-state index in [4.69, 9.17) is 10.3 Å². The molecule has 1 heterocycles. The lowest BCUT2D eigenvalue weighted by Gasteiger charge is -2.35. The predicted molar refractivity (Wildman–Crippen MR) is 72.6 cm³/mol. The van der Waals surface area contributed by atoms with E-state index < -0.39 is 5.54 Å². The second kappa shape index (κ2) is 8.24. The van der Waals surface area contributed by atoms with Crippen LogP contribution in [0.25, 0.3) is 10.4 Å². The van der Waals surface area contributed by atoms with E-state index in [2.05, 4.69) is 15.3 Å². The third-order valence-corrected chi connectivity index (χ3v) is 3.96. The highest BCUT2D eigenvalue weighted by molar-refractivity contribution is 7.99. The fourth-order valence-corrected chi connectivity index (χ4v) is 3.15. The predicted octanol–water partition coefficient (Wildman–Crippen LogP) is 2.11. The average Bonchev–Trinajstić information content (AvgIpc) is 2.40. The van der Waals surface area contributed by atoms with Crippen LogP contribution in [0.4, 0.5) is 0 Å². The van der Waals surface area contributed by atoms with Crippen LogP contribution in [0.5, 0.6) is 0 Å². The minimum Gasteiger partial charge on any atom is -0.465 e. The number of hydrogen-bond donors (Lipinski definition) is 1. The maximum Gasteiger partial charge on any atom is 0.326 e. The summed E-state index contributed by atoms with van der Waals surface area (Å²) in [5.74, 6) is 1.80. The number of carbonyl (C=O) groups excluding carboxylic acids is 1. The minimum absolute atomic E-state index is 0.144. The molecule has 6 nitrogen and oxygen atoms in total. The van der Waals surface area contributed by atoms with E-state index in [1.165, 1.54) is 0 Å². The molecule has 102 valence electrons. The lowest BCUT2D eigenvalue weighted by Crippen LogP contribution is -2.55. The van der Waals surface area contributed by atoms with E-state index >= 15 is 0 Å². The molecular weight excluding hydrogens is 252 g/mol. The monoisotopic (exact) mass is 272 g/mol. The molecular formula is C11H20N4O2S. The average molecular weight is 272 g/mol. The maximum atomic E-state index is 12.1. The molecule has 0 aromatic rings. The first-order valence-electron chi connectivity index (χ1n) is 6.26. The van der Waals surface area contributed by atoms with Crippen LogP contribution in [-0.4, -0.2) is 42.7 Å². The lowest BCUT2D eigenvalue weighted by atomic mass is 9.92. The van der Waals surface area contributed by atoms with Crippen LogP contribution in [-0.2, 0) is 9.53 Å². The fraction of sp³-hybridized carbons (Fsp3) is 0.909. The molecule has 0 aromatic heterocycles. The zero-order valence-electron chi connectivity index (χ0n) is 10.7. The lowest BCUT2D eigenvalue weighted by molar-refractivity contribution is -0.151. The van der Waals surface area contributed by atoms with E-state index in [9.17, 15) is 4.79 Å². The molecule has 0 bridgehead atoms. The van der Waals surface area contributed by atoms with Gasteiger partial charge in [0.1, 0.15) is 5.54 Å². The summed E-state index contributed by atoms with van der Waals surface area (Å²) in [6.07, 6.45) is 2.34. The summed E-state index contributed by atoms with van der Waals surface area (Å²) in [5, 5.41) is 6.79. The smallest absolute Gasteiger partial charge is 0.326 e. The number of nitrogens with zero attached hydrogens (tertiary/aromatic N) is 3. The van der Waals surface area contributed by atoms with Crippen molar-refractivity contribution in [3.63, 3.8) is 0 Å². The Kier molecular flexibility index (Phi) is 6.93. The number of ether oxygens (including phenoxy) is 1. The van der Waals surface area contributed by atoms with Crippen LogP contribution in [0.15, 0.2) is 5.11 Å². The van der Waals surface area contributed by atoms with E-state index in [0.29, 0.717) is 19.7 Å². The second-order valence-corrected chi connectivity index (χ2v) is 5.37. The zero-order chi connectivity index (χ0) is 13.3. The van der Waals surface area contributed by atoms with Gasteiger partial charge >= 0.3 is 5.97 Å². The number of nitrogens with one attached hydrogen (secondary N) is 1. The van der Waals surface area contributed by atoms with Crippen molar-refractivity contribution in [3.8, 4) is 0 Å². The van der Waals surface area contributed by atoms with Gasteiger partial charge in [-0.3, -0.25) is 4.79 Å². The van der Waals surface area contributed by atoms with E-state index in [1.807, 2.05) is 18.7 Å². The number of carbonyl (C=O) groups is 1. The summed E-state index contributed by atoms with van der Waals surface area (Å²) < 4.78 is 5.17. The molecule has 0 radical (unpaired) electrons. The van der Waals surface area contributed by atoms with Gasteiger partial charge in [0.05, 0.1) is 6.61 Å². The molecule has 1 saturated heterocycles. The normalized spacial score (nSPS) is 17.8. The minimum atomic E-state index is -0.530. The Hall–Kier alpha value is -0.910. The van der Waals surface area contributed by atoms with Crippen molar-refractivity contribution in [2.24, 2.45) is 5.11 Å². The van der Waals surface area contributed by atoms with Gasteiger partial charge in [0, 0.05) is 11.5 Å². The van der Waals surface area contributed by atoms with Gasteiger partial charge in [0.25, 0.3) is 0 Å². The molecule has 0 saturated carbocycles. The number of rotatable bonds is 7. The maximum absolute atomic E-state index is 12.1. The molecule has 0 amide bonds. The highest BCUT2D eigenvalue weighted by Gasteiger charge is 2.40. The van der Waals surface area contributed by atoms with Gasteiger partial charge in [-0.15, -0.1) is 0 Å². The summed E-state index contributed by atoms with van der Waals surface area (Å²) in [5.41, 5.74) is 7.65. The van der Waals surface area contributed by atoms with Crippen LogP contribution < -0.4 is 5.32 Å². The van der Waals surface area contributed by atoms with E-state index in [-0.39, 0.29) is 5.97 Å². The molecule has 0 aromatic carbocycles. The summed E-state index contributed by atoms with van der Waals surface area (Å²) >= 11 is 1.87. The summed E-state index contributed by atoms with van der Waals surface area (Å²) in [6.45, 7) is 3.36.